The largest absolute Gasteiger partial charge is 0.444 e. The van der Waals surface area contributed by atoms with Gasteiger partial charge in [0.2, 0.25) is 0 Å². The Morgan fingerprint density at radius 3 is 2.15 bits per heavy atom. The molecule has 1 aromatic heterocycles. The number of hydrogen-bond acceptors (Lipinski definition) is 8. The van der Waals surface area contributed by atoms with Crippen LogP contribution in [0.5, 0.6) is 0 Å². The van der Waals surface area contributed by atoms with Crippen molar-refractivity contribution in [3.8, 4) is 0 Å². The first-order valence-corrected chi connectivity index (χ1v) is 18.5. The van der Waals surface area contributed by atoms with Crippen molar-refractivity contribution in [1.82, 2.24) is 29.6 Å². The number of piperidine rings is 3. The maximum absolute atomic E-state index is 13.5. The van der Waals surface area contributed by atoms with Gasteiger partial charge in [-0.3, -0.25) is 9.69 Å². The fourth-order valence-corrected chi connectivity index (χ4v) is 8.39. The average molecular weight is 669 g/mol. The minimum Gasteiger partial charge on any atom is -0.444 e. The highest BCUT2D eigenvalue weighted by Gasteiger charge is 2.51. The van der Waals surface area contributed by atoms with Gasteiger partial charge in [0.25, 0.3) is 5.91 Å². The predicted octanol–water partition coefficient (Wildman–Crippen LogP) is 6.22. The van der Waals surface area contributed by atoms with E-state index in [0.29, 0.717) is 50.1 Å². The molecule has 0 radical (unpaired) electrons. The normalized spacial score (nSPS) is 23.7. The molecule has 4 fully saturated rings. The summed E-state index contributed by atoms with van der Waals surface area (Å²) >= 11 is 0. The van der Waals surface area contributed by atoms with Crippen LogP contribution < -0.4 is 0 Å². The number of carbonyl (C=O) groups excluding carboxylic acids is 3. The SMILES string of the molecule is CCCCC1CN(CCC2CCN(C(=O)OC(C)(C)C)CC2)C(=O)OC12CCN(C1(C)CCN(C(=O)c3c(C)ncnc3C)CC1)CC2. The molecule has 11 nitrogen and oxygen atoms in total. The number of unbranched alkanes of at least 4 members (excludes halogenated alkanes) is 1. The first-order valence-electron chi connectivity index (χ1n) is 18.5. The molecule has 0 N–H and O–H groups in total. The van der Waals surface area contributed by atoms with Crippen molar-refractivity contribution in [3.05, 3.63) is 23.3 Å². The van der Waals surface area contributed by atoms with E-state index in [-0.39, 0.29) is 23.6 Å². The highest BCUT2D eigenvalue weighted by molar-refractivity contribution is 5.96. The standard InChI is InChI=1S/C37H60N6O5/c1-8-9-10-30-25-42(20-13-29-11-18-41(19-12-29)33(45)47-35(4,5)6)34(46)48-37(30)16-23-43(24-17-37)36(7)14-21-40(22-15-36)32(44)31-27(2)38-26-39-28(31)3/h26,29-30H,8-25H2,1-7H3. The number of amides is 3. The van der Waals surface area contributed by atoms with Crippen LogP contribution >= 0.6 is 0 Å². The van der Waals surface area contributed by atoms with E-state index in [2.05, 4.69) is 28.7 Å². The number of rotatable bonds is 8. The monoisotopic (exact) mass is 668 g/mol. The molecule has 48 heavy (non-hydrogen) atoms. The molecule has 0 saturated carbocycles. The van der Waals surface area contributed by atoms with Gasteiger partial charge in [-0.25, -0.2) is 19.6 Å². The minimum atomic E-state index is -0.486. The van der Waals surface area contributed by atoms with E-state index in [1.54, 1.807) is 0 Å². The number of ether oxygens (including phenoxy) is 2. The van der Waals surface area contributed by atoms with Crippen LogP contribution in [0.15, 0.2) is 6.33 Å². The zero-order valence-corrected chi connectivity index (χ0v) is 30.7. The summed E-state index contributed by atoms with van der Waals surface area (Å²) in [4.78, 5) is 56.3. The average Bonchev–Trinajstić information content (AvgIpc) is 3.04. The summed E-state index contributed by atoms with van der Waals surface area (Å²) in [6.07, 6.45) is 10.8. The third-order valence-electron chi connectivity index (χ3n) is 11.7. The molecule has 0 bridgehead atoms. The molecule has 0 aliphatic carbocycles. The van der Waals surface area contributed by atoms with Crippen LogP contribution in [0.25, 0.3) is 0 Å². The van der Waals surface area contributed by atoms with Gasteiger partial charge in [0.05, 0.1) is 17.0 Å². The molecule has 4 saturated heterocycles. The van der Waals surface area contributed by atoms with Crippen molar-refractivity contribution in [3.63, 3.8) is 0 Å². The Hall–Kier alpha value is -2.95. The molecule has 1 unspecified atom stereocenters. The summed E-state index contributed by atoms with van der Waals surface area (Å²) in [6.45, 7) is 20.2. The number of likely N-dealkylation sites (tertiary alicyclic amines) is 3. The van der Waals surface area contributed by atoms with Gasteiger partial charge in [0.15, 0.2) is 0 Å². The van der Waals surface area contributed by atoms with Crippen LogP contribution in [-0.2, 0) is 9.47 Å². The van der Waals surface area contributed by atoms with E-state index < -0.39 is 11.2 Å². The molecule has 5 heterocycles. The first-order chi connectivity index (χ1) is 22.7. The lowest BCUT2D eigenvalue weighted by atomic mass is 9.74. The maximum atomic E-state index is 13.5. The summed E-state index contributed by atoms with van der Waals surface area (Å²) in [5, 5.41) is 0. The lowest BCUT2D eigenvalue weighted by Crippen LogP contribution is -2.63. The van der Waals surface area contributed by atoms with Crippen LogP contribution in [0.4, 0.5) is 9.59 Å². The van der Waals surface area contributed by atoms with Gasteiger partial charge in [-0.1, -0.05) is 19.8 Å². The third kappa shape index (κ3) is 8.25. The highest BCUT2D eigenvalue weighted by Crippen LogP contribution is 2.43. The van der Waals surface area contributed by atoms with E-state index >= 15 is 0 Å². The van der Waals surface area contributed by atoms with Crippen molar-refractivity contribution in [2.45, 2.75) is 129 Å². The van der Waals surface area contributed by atoms with Gasteiger partial charge < -0.3 is 24.2 Å². The van der Waals surface area contributed by atoms with Crippen molar-refractivity contribution in [2.24, 2.45) is 11.8 Å². The predicted molar refractivity (Wildman–Crippen MR) is 185 cm³/mol. The van der Waals surface area contributed by atoms with Crippen LogP contribution in [-0.4, -0.2) is 117 Å². The number of nitrogens with zero attached hydrogens (tertiary/aromatic N) is 6. The Morgan fingerprint density at radius 2 is 1.56 bits per heavy atom. The second-order valence-electron chi connectivity index (χ2n) is 16.1. The molecule has 11 heteroatoms. The fraction of sp³-hybridized carbons (Fsp3) is 0.811. The van der Waals surface area contributed by atoms with E-state index in [9.17, 15) is 14.4 Å². The van der Waals surface area contributed by atoms with E-state index in [1.807, 2.05) is 49.3 Å². The van der Waals surface area contributed by atoms with E-state index in [1.165, 1.54) is 6.33 Å². The van der Waals surface area contributed by atoms with Gasteiger partial charge >= 0.3 is 12.2 Å². The summed E-state index contributed by atoms with van der Waals surface area (Å²) in [6, 6.07) is 0. The molecule has 0 aromatic carbocycles. The molecule has 3 amide bonds. The zero-order valence-electron chi connectivity index (χ0n) is 30.7. The highest BCUT2D eigenvalue weighted by atomic mass is 16.6. The Morgan fingerprint density at radius 1 is 0.938 bits per heavy atom. The summed E-state index contributed by atoms with van der Waals surface area (Å²) in [5.74, 6) is 0.855. The molecule has 4 aliphatic rings. The van der Waals surface area contributed by atoms with Crippen LogP contribution in [0.3, 0.4) is 0 Å². The molecule has 5 rings (SSSR count). The van der Waals surface area contributed by atoms with Gasteiger partial charge in [-0.2, -0.15) is 0 Å². The van der Waals surface area contributed by atoms with Gasteiger partial charge in [-0.15, -0.1) is 0 Å². The molecule has 268 valence electrons. The lowest BCUT2D eigenvalue weighted by Gasteiger charge is -2.55. The molecule has 1 spiro atoms. The van der Waals surface area contributed by atoms with E-state index in [4.69, 9.17) is 9.47 Å². The lowest BCUT2D eigenvalue weighted by molar-refractivity contribution is -0.133. The van der Waals surface area contributed by atoms with Crippen LogP contribution in [0, 0.1) is 25.7 Å². The number of carbonyl (C=O) groups is 3. The van der Waals surface area contributed by atoms with Crippen molar-refractivity contribution >= 4 is 18.1 Å². The molecular formula is C37H60N6O5. The number of hydrogen-bond donors (Lipinski definition) is 0. The number of aromatic nitrogens is 2. The first kappa shape index (κ1) is 36.3. The second kappa shape index (κ2) is 14.9. The number of aryl methyl sites for hydroxylation is 2. The van der Waals surface area contributed by atoms with Gasteiger partial charge in [-0.05, 0) is 86.0 Å². The Kier molecular flexibility index (Phi) is 11.3. The Bertz CT molecular complexity index is 1270. The minimum absolute atomic E-state index is 0.0123. The summed E-state index contributed by atoms with van der Waals surface area (Å²) in [5.41, 5.74) is 1.24. The Labute approximate surface area is 288 Å². The van der Waals surface area contributed by atoms with Crippen molar-refractivity contribution in [2.75, 3.05) is 52.4 Å². The Balaban J connectivity index is 1.12. The van der Waals surface area contributed by atoms with Gasteiger partial charge in [0.1, 0.15) is 17.5 Å². The maximum Gasteiger partial charge on any atom is 0.410 e. The molecular weight excluding hydrogens is 608 g/mol. The second-order valence-corrected chi connectivity index (χ2v) is 16.1. The molecule has 4 aliphatic heterocycles. The van der Waals surface area contributed by atoms with E-state index in [0.717, 1.165) is 95.2 Å². The fourth-order valence-electron chi connectivity index (χ4n) is 8.39. The molecule has 1 atom stereocenters. The smallest absolute Gasteiger partial charge is 0.410 e. The zero-order chi connectivity index (χ0) is 34.7. The summed E-state index contributed by atoms with van der Waals surface area (Å²) < 4.78 is 12.0. The van der Waals surface area contributed by atoms with Crippen LogP contribution in [0.1, 0.15) is 121 Å². The van der Waals surface area contributed by atoms with Gasteiger partial charge in [0, 0.05) is 76.7 Å². The molecule has 1 aromatic rings. The topological polar surface area (TPSA) is 108 Å². The van der Waals surface area contributed by atoms with Crippen molar-refractivity contribution in [1.29, 1.82) is 0 Å². The third-order valence-corrected chi connectivity index (χ3v) is 11.7. The summed E-state index contributed by atoms with van der Waals surface area (Å²) in [7, 11) is 0. The quantitative estimate of drug-likeness (QED) is 0.322. The van der Waals surface area contributed by atoms with Crippen LogP contribution in [0.2, 0.25) is 0 Å². The van der Waals surface area contributed by atoms with Crippen molar-refractivity contribution < 1.29 is 23.9 Å².